The van der Waals surface area contributed by atoms with Crippen LogP contribution in [0.1, 0.15) is 80.1 Å². The van der Waals surface area contributed by atoms with Crippen LogP contribution in [0.2, 0.25) is 0 Å². The van der Waals surface area contributed by atoms with E-state index >= 15 is 0 Å². The van der Waals surface area contributed by atoms with Gasteiger partial charge in [-0.25, -0.2) is 4.79 Å². The van der Waals surface area contributed by atoms with E-state index in [-0.39, 0.29) is 32.2 Å². The van der Waals surface area contributed by atoms with E-state index in [9.17, 15) is 33.6 Å². The molecule has 0 aromatic rings. The van der Waals surface area contributed by atoms with Gasteiger partial charge < -0.3 is 31.3 Å². The first-order valence-electron chi connectivity index (χ1n) is 15.3. The largest absolute Gasteiger partial charge is 0.363 e. The summed E-state index contributed by atoms with van der Waals surface area (Å²) in [6.07, 6.45) is 4.05. The third-order valence-electron chi connectivity index (χ3n) is 8.67. The lowest BCUT2D eigenvalue weighted by Gasteiger charge is -2.38. The number of ketones is 1. The molecule has 0 aromatic carbocycles. The topological polar surface area (TPSA) is 197 Å². The Bertz CT molecular complexity index is 1140. The highest BCUT2D eigenvalue weighted by Crippen LogP contribution is 2.31. The molecular weight excluding hydrogens is 572 g/mol. The fourth-order valence-corrected chi connectivity index (χ4v) is 5.62. The van der Waals surface area contributed by atoms with Crippen LogP contribution in [0.4, 0.5) is 4.79 Å². The Hall–Kier alpha value is -3.55. The lowest BCUT2D eigenvalue weighted by molar-refractivity contribution is -0.159. The molecular formula is C30H48N6O8. The highest BCUT2D eigenvalue weighted by Gasteiger charge is 2.44. The molecule has 0 aromatic heterocycles. The second kappa shape index (κ2) is 14.0. The zero-order valence-corrected chi connectivity index (χ0v) is 26.7. The number of ether oxygens (including phenoxy) is 1. The van der Waals surface area contributed by atoms with E-state index in [2.05, 4.69) is 16.0 Å². The van der Waals surface area contributed by atoms with Crippen molar-refractivity contribution in [2.24, 2.45) is 22.5 Å². The van der Waals surface area contributed by atoms with Crippen LogP contribution in [0.15, 0.2) is 0 Å². The fraction of sp³-hybridized carbons (Fsp3) is 0.767. The lowest BCUT2D eigenvalue weighted by Crippen LogP contribution is -2.62. The zero-order chi connectivity index (χ0) is 33.0. The van der Waals surface area contributed by atoms with Gasteiger partial charge in [-0.1, -0.05) is 60.8 Å². The van der Waals surface area contributed by atoms with Crippen molar-refractivity contribution in [3.63, 3.8) is 0 Å². The van der Waals surface area contributed by atoms with Crippen LogP contribution in [0.5, 0.6) is 0 Å². The number of nitrogens with one attached hydrogen (secondary N) is 3. The Balaban J connectivity index is 1.73. The van der Waals surface area contributed by atoms with Crippen LogP contribution in [-0.2, 0) is 33.5 Å². The van der Waals surface area contributed by atoms with Gasteiger partial charge >= 0.3 is 6.03 Å². The standard InChI is InChI=1S/C30H48N6O8/c1-29(2,3)20(14-36-21(37)15-44-16-22(36)38)33-28(43)34-24(30(4,5)6)27(42)35-12-8-11-19(35)26(41)32-18(23(39)25(31)40)13-17-9-7-10-17/h17-20,24H,7-16H2,1-6H3,(H2,31,40)(H,32,41)(H2,33,34,43)/t18?,19-,20+,24+/m0/s1. The summed E-state index contributed by atoms with van der Waals surface area (Å²) in [5.41, 5.74) is 3.92. The van der Waals surface area contributed by atoms with E-state index in [1.54, 1.807) is 20.8 Å². The second-order valence-electron chi connectivity index (χ2n) is 14.2. The first-order chi connectivity index (χ1) is 20.4. The molecule has 14 heteroatoms. The molecule has 1 aliphatic carbocycles. The van der Waals surface area contributed by atoms with E-state index in [1.807, 2.05) is 20.8 Å². The maximum absolute atomic E-state index is 13.9. The predicted molar refractivity (Wildman–Crippen MR) is 159 cm³/mol. The maximum atomic E-state index is 13.9. The van der Waals surface area contributed by atoms with Crippen LogP contribution in [0.3, 0.4) is 0 Å². The van der Waals surface area contributed by atoms with E-state index in [1.165, 1.54) is 4.90 Å². The molecule has 0 bridgehead atoms. The van der Waals surface area contributed by atoms with Gasteiger partial charge in [0.15, 0.2) is 0 Å². The van der Waals surface area contributed by atoms with Crippen LogP contribution < -0.4 is 21.7 Å². The minimum Gasteiger partial charge on any atom is -0.363 e. The van der Waals surface area contributed by atoms with Gasteiger partial charge in [0.25, 0.3) is 17.7 Å². The number of urea groups is 1. The molecule has 1 saturated carbocycles. The number of nitrogens with two attached hydrogens (primary N) is 1. The Labute approximate surface area is 258 Å². The molecule has 246 valence electrons. The number of hydrogen-bond donors (Lipinski definition) is 4. The Morgan fingerprint density at radius 2 is 1.50 bits per heavy atom. The summed E-state index contributed by atoms with van der Waals surface area (Å²) < 4.78 is 4.98. The molecule has 5 N–H and O–H groups in total. The van der Waals surface area contributed by atoms with Crippen LogP contribution in [-0.4, -0.2) is 102 Å². The number of rotatable bonds is 11. The number of nitrogens with zero attached hydrogens (tertiary/aromatic N) is 2. The highest BCUT2D eigenvalue weighted by atomic mass is 16.5. The number of carbonyl (C=O) groups excluding carboxylic acids is 7. The van der Waals surface area contributed by atoms with Crippen LogP contribution in [0, 0.1) is 16.7 Å². The minimum absolute atomic E-state index is 0.0630. The molecule has 3 aliphatic rings. The predicted octanol–water partition coefficient (Wildman–Crippen LogP) is 0.221. The maximum Gasteiger partial charge on any atom is 0.315 e. The van der Waals surface area contributed by atoms with E-state index in [0.29, 0.717) is 19.3 Å². The van der Waals surface area contributed by atoms with Gasteiger partial charge in [-0.3, -0.25) is 33.7 Å². The molecule has 0 radical (unpaired) electrons. The molecule has 2 heterocycles. The van der Waals surface area contributed by atoms with Crippen molar-refractivity contribution in [3.05, 3.63) is 0 Å². The molecule has 7 amide bonds. The molecule has 14 nitrogen and oxygen atoms in total. The van der Waals surface area contributed by atoms with Crippen molar-refractivity contribution in [2.45, 2.75) is 104 Å². The molecule has 4 atom stereocenters. The number of carbonyl (C=O) groups is 7. The van der Waals surface area contributed by atoms with Gasteiger partial charge in [-0.15, -0.1) is 0 Å². The molecule has 1 unspecified atom stereocenters. The number of imide groups is 1. The third kappa shape index (κ3) is 8.76. The van der Waals surface area contributed by atoms with E-state index in [0.717, 1.165) is 24.2 Å². The summed E-state index contributed by atoms with van der Waals surface area (Å²) in [4.78, 5) is 92.0. The minimum atomic E-state index is -1.12. The molecule has 3 rings (SSSR count). The zero-order valence-electron chi connectivity index (χ0n) is 26.7. The van der Waals surface area contributed by atoms with Gasteiger partial charge in [-0.05, 0) is 36.0 Å². The van der Waals surface area contributed by atoms with Gasteiger partial charge in [0, 0.05) is 13.1 Å². The summed E-state index contributed by atoms with van der Waals surface area (Å²) in [6.45, 7) is 10.7. The monoisotopic (exact) mass is 620 g/mol. The highest BCUT2D eigenvalue weighted by molar-refractivity contribution is 6.37. The van der Waals surface area contributed by atoms with E-state index < -0.39 is 76.3 Å². The SMILES string of the molecule is CC(C)(C)[C@H](NC(=O)N[C@H](CN1C(=O)COCC1=O)C(C)(C)C)C(=O)N1CCC[C@H]1C(=O)NC(CC1CCC1)C(=O)C(N)=O. The molecule has 0 spiro atoms. The van der Waals surface area contributed by atoms with Crippen molar-refractivity contribution in [3.8, 4) is 0 Å². The van der Waals surface area contributed by atoms with Gasteiger partial charge in [-0.2, -0.15) is 0 Å². The van der Waals surface area contributed by atoms with Crippen LogP contribution >= 0.6 is 0 Å². The smallest absolute Gasteiger partial charge is 0.315 e. The number of amides is 7. The van der Waals surface area contributed by atoms with Crippen molar-refractivity contribution in [1.29, 1.82) is 0 Å². The third-order valence-corrected chi connectivity index (χ3v) is 8.67. The summed E-state index contributed by atoms with van der Waals surface area (Å²) in [5, 5.41) is 8.29. The summed E-state index contributed by atoms with van der Waals surface area (Å²) in [7, 11) is 0. The molecule has 3 fully saturated rings. The van der Waals surface area contributed by atoms with Crippen LogP contribution in [0.25, 0.3) is 0 Å². The normalized spacial score (nSPS) is 21.6. The van der Waals surface area contributed by atoms with Gasteiger partial charge in [0.05, 0.1) is 12.1 Å². The quantitative estimate of drug-likeness (QED) is 0.186. The lowest BCUT2D eigenvalue weighted by atomic mass is 9.80. The first-order valence-corrected chi connectivity index (χ1v) is 15.3. The number of Topliss-reactive ketones (excluding diaryl/α,β-unsaturated/α-hetero) is 1. The molecule has 44 heavy (non-hydrogen) atoms. The number of primary amides is 1. The Morgan fingerprint density at radius 3 is 2.00 bits per heavy atom. The van der Waals surface area contributed by atoms with Crippen molar-refractivity contribution >= 4 is 41.4 Å². The summed E-state index contributed by atoms with van der Waals surface area (Å²) in [6, 6.07) is -4.29. The fourth-order valence-electron chi connectivity index (χ4n) is 5.62. The van der Waals surface area contributed by atoms with Crippen molar-refractivity contribution < 1.29 is 38.3 Å². The summed E-state index contributed by atoms with van der Waals surface area (Å²) >= 11 is 0. The average molecular weight is 621 g/mol. The number of morpholine rings is 1. The Morgan fingerprint density at radius 1 is 0.886 bits per heavy atom. The molecule has 2 saturated heterocycles. The summed E-state index contributed by atoms with van der Waals surface area (Å²) in [5.74, 6) is -3.76. The van der Waals surface area contributed by atoms with E-state index in [4.69, 9.17) is 10.5 Å². The van der Waals surface area contributed by atoms with Gasteiger partial charge in [0.2, 0.25) is 17.6 Å². The van der Waals surface area contributed by atoms with Crippen molar-refractivity contribution in [2.75, 3.05) is 26.3 Å². The Kier molecular flexibility index (Phi) is 11.1. The van der Waals surface area contributed by atoms with Gasteiger partial charge in [0.1, 0.15) is 25.3 Å². The first kappa shape index (κ1) is 34.9. The number of likely N-dealkylation sites (tertiary alicyclic amines) is 1. The second-order valence-corrected chi connectivity index (χ2v) is 14.2. The number of hydrogen-bond acceptors (Lipinski definition) is 8. The molecule has 2 aliphatic heterocycles. The average Bonchev–Trinajstić information content (AvgIpc) is 3.38. The van der Waals surface area contributed by atoms with Crippen molar-refractivity contribution in [1.82, 2.24) is 25.8 Å².